The van der Waals surface area contributed by atoms with E-state index in [4.69, 9.17) is 4.74 Å². The van der Waals surface area contributed by atoms with Crippen molar-refractivity contribution in [3.05, 3.63) is 29.8 Å². The molecule has 1 fully saturated rings. The van der Waals surface area contributed by atoms with Crippen LogP contribution in [0.1, 0.15) is 12.5 Å². The average Bonchev–Trinajstić information content (AvgIpc) is 2.67. The Bertz CT molecular complexity index is 671. The van der Waals surface area contributed by atoms with Gasteiger partial charge < -0.3 is 19.9 Å². The van der Waals surface area contributed by atoms with E-state index in [1.165, 1.54) is 19.2 Å². The molecule has 1 aromatic carbocycles. The molecule has 1 unspecified atom stereocenters. The quantitative estimate of drug-likeness (QED) is 0.489. The van der Waals surface area contributed by atoms with E-state index >= 15 is 0 Å². The van der Waals surface area contributed by atoms with Gasteiger partial charge in [-0.25, -0.2) is 0 Å². The first-order valence-electron chi connectivity index (χ1n) is 8.72. The number of piperazine rings is 1. The van der Waals surface area contributed by atoms with Crippen LogP contribution in [0, 0.1) is 5.92 Å². The van der Waals surface area contributed by atoms with Crippen LogP contribution in [0.15, 0.2) is 29.3 Å². The molecule has 1 heterocycles. The predicted octanol–water partition coefficient (Wildman–Crippen LogP) is 2.21. The summed E-state index contributed by atoms with van der Waals surface area (Å²) in [6.45, 7) is 4.54. The molecule has 150 valence electrons. The van der Waals surface area contributed by atoms with E-state index in [0.717, 1.165) is 6.07 Å². The van der Waals surface area contributed by atoms with Crippen LogP contribution in [0.5, 0.6) is 0 Å². The number of anilines is 1. The highest BCUT2D eigenvalue weighted by molar-refractivity contribution is 5.81. The van der Waals surface area contributed by atoms with Crippen LogP contribution in [0.25, 0.3) is 0 Å². The Morgan fingerprint density at radius 2 is 1.96 bits per heavy atom. The summed E-state index contributed by atoms with van der Waals surface area (Å²) in [5, 5.41) is 3.15. The number of carbonyl (C=O) groups is 1. The number of rotatable bonds is 4. The number of aliphatic imine (C=N–C) groups is 1. The van der Waals surface area contributed by atoms with Gasteiger partial charge in [0.25, 0.3) is 0 Å². The van der Waals surface area contributed by atoms with Gasteiger partial charge in [0, 0.05) is 45.5 Å². The lowest BCUT2D eigenvalue weighted by atomic mass is 10.1. The zero-order chi connectivity index (χ0) is 20.0. The van der Waals surface area contributed by atoms with Crippen LogP contribution >= 0.6 is 0 Å². The third kappa shape index (κ3) is 5.51. The number of nitrogens with one attached hydrogen (secondary N) is 1. The number of ether oxygens (including phenoxy) is 1. The zero-order valence-electron chi connectivity index (χ0n) is 15.7. The van der Waals surface area contributed by atoms with Crippen molar-refractivity contribution in [3.8, 4) is 0 Å². The Hall–Kier alpha value is -2.45. The number of halogens is 3. The first-order chi connectivity index (χ1) is 12.8. The second-order valence-electron chi connectivity index (χ2n) is 6.37. The van der Waals surface area contributed by atoms with Gasteiger partial charge in [0.1, 0.15) is 0 Å². The molecular formula is C18H25F3N4O2. The minimum absolute atomic E-state index is 0.299. The summed E-state index contributed by atoms with van der Waals surface area (Å²) in [7, 11) is 3.00. The van der Waals surface area contributed by atoms with Crippen LogP contribution in [0.2, 0.25) is 0 Å². The maximum atomic E-state index is 12.9. The highest BCUT2D eigenvalue weighted by atomic mass is 19.4. The molecule has 1 N–H and O–H groups in total. The Kier molecular flexibility index (Phi) is 6.92. The minimum atomic E-state index is -4.35. The van der Waals surface area contributed by atoms with Gasteiger partial charge in [-0.05, 0) is 18.2 Å². The van der Waals surface area contributed by atoms with Crippen molar-refractivity contribution in [1.29, 1.82) is 0 Å². The Balaban J connectivity index is 1.93. The lowest BCUT2D eigenvalue weighted by molar-refractivity contribution is -0.144. The van der Waals surface area contributed by atoms with Crippen LogP contribution in [0.3, 0.4) is 0 Å². The van der Waals surface area contributed by atoms with Crippen molar-refractivity contribution in [3.63, 3.8) is 0 Å². The summed E-state index contributed by atoms with van der Waals surface area (Å²) in [5.74, 6) is 0.0555. The average molecular weight is 386 g/mol. The summed E-state index contributed by atoms with van der Waals surface area (Å²) in [5.41, 5.74) is -0.0801. The fourth-order valence-electron chi connectivity index (χ4n) is 2.92. The van der Waals surface area contributed by atoms with Gasteiger partial charge >= 0.3 is 12.1 Å². The number of hydrogen-bond acceptors (Lipinski definition) is 4. The van der Waals surface area contributed by atoms with Crippen molar-refractivity contribution < 1.29 is 22.7 Å². The first-order valence-corrected chi connectivity index (χ1v) is 8.72. The first kappa shape index (κ1) is 20.9. The predicted molar refractivity (Wildman–Crippen MR) is 97.8 cm³/mol. The molecule has 0 radical (unpaired) electrons. The second kappa shape index (κ2) is 8.96. The van der Waals surface area contributed by atoms with Crippen LogP contribution in [0.4, 0.5) is 18.9 Å². The molecule has 9 heteroatoms. The molecule has 1 aliphatic heterocycles. The van der Waals surface area contributed by atoms with E-state index in [1.54, 1.807) is 20.0 Å². The summed E-state index contributed by atoms with van der Waals surface area (Å²) in [6.07, 6.45) is -4.35. The monoisotopic (exact) mass is 386 g/mol. The number of methoxy groups -OCH3 is 1. The molecule has 1 aromatic rings. The summed E-state index contributed by atoms with van der Waals surface area (Å²) in [4.78, 5) is 19.7. The number of carbonyl (C=O) groups excluding carboxylic acids is 1. The van der Waals surface area contributed by atoms with Gasteiger partial charge in [0.15, 0.2) is 5.96 Å². The molecule has 1 atom stereocenters. The molecule has 0 saturated carbocycles. The highest BCUT2D eigenvalue weighted by Gasteiger charge is 2.31. The van der Waals surface area contributed by atoms with Crippen molar-refractivity contribution in [2.24, 2.45) is 10.9 Å². The van der Waals surface area contributed by atoms with Crippen molar-refractivity contribution in [1.82, 2.24) is 10.2 Å². The highest BCUT2D eigenvalue weighted by Crippen LogP contribution is 2.31. The Morgan fingerprint density at radius 1 is 1.30 bits per heavy atom. The SMILES string of the molecule is CN=C(NCC(C)C(=O)OC)N1CCN(c2cccc(C(F)(F)F)c2)CC1. The molecular weight excluding hydrogens is 361 g/mol. The maximum Gasteiger partial charge on any atom is 0.416 e. The van der Waals surface area contributed by atoms with Gasteiger partial charge in [0.05, 0.1) is 18.6 Å². The molecule has 2 rings (SSSR count). The van der Waals surface area contributed by atoms with Gasteiger partial charge in [0.2, 0.25) is 0 Å². The number of benzene rings is 1. The molecule has 6 nitrogen and oxygen atoms in total. The van der Waals surface area contributed by atoms with Crippen LogP contribution in [-0.2, 0) is 15.7 Å². The lowest BCUT2D eigenvalue weighted by Crippen LogP contribution is -2.53. The summed E-state index contributed by atoms with van der Waals surface area (Å²) >= 11 is 0. The van der Waals surface area contributed by atoms with Gasteiger partial charge in [-0.3, -0.25) is 9.79 Å². The number of esters is 1. The second-order valence-corrected chi connectivity index (χ2v) is 6.37. The van der Waals surface area contributed by atoms with E-state index in [2.05, 4.69) is 10.3 Å². The molecule has 1 saturated heterocycles. The van der Waals surface area contributed by atoms with E-state index in [-0.39, 0.29) is 11.9 Å². The topological polar surface area (TPSA) is 57.2 Å². The molecule has 0 amide bonds. The minimum Gasteiger partial charge on any atom is -0.469 e. The molecule has 0 spiro atoms. The fraction of sp³-hybridized carbons (Fsp3) is 0.556. The molecule has 27 heavy (non-hydrogen) atoms. The van der Waals surface area contributed by atoms with E-state index < -0.39 is 11.7 Å². The van der Waals surface area contributed by atoms with Crippen molar-refractivity contribution in [2.75, 3.05) is 51.8 Å². The number of guanidine groups is 1. The van der Waals surface area contributed by atoms with Crippen LogP contribution in [-0.4, -0.2) is 63.7 Å². The zero-order valence-corrected chi connectivity index (χ0v) is 15.7. The van der Waals surface area contributed by atoms with E-state index in [0.29, 0.717) is 44.4 Å². The molecule has 1 aliphatic rings. The Labute approximate surface area is 157 Å². The standard InChI is InChI=1S/C18H25F3N4O2/c1-13(16(26)27-3)12-23-17(22-2)25-9-7-24(8-10-25)15-6-4-5-14(11-15)18(19,20)21/h4-6,11,13H,7-10,12H2,1-3H3,(H,22,23). The summed E-state index contributed by atoms with van der Waals surface area (Å²) < 4.78 is 43.4. The molecule has 0 aromatic heterocycles. The number of nitrogens with zero attached hydrogens (tertiary/aromatic N) is 3. The third-order valence-electron chi connectivity index (χ3n) is 4.50. The van der Waals surface area contributed by atoms with Gasteiger partial charge in [-0.1, -0.05) is 13.0 Å². The number of hydrogen-bond donors (Lipinski definition) is 1. The van der Waals surface area contributed by atoms with Crippen molar-refractivity contribution >= 4 is 17.6 Å². The summed E-state index contributed by atoms with van der Waals surface area (Å²) in [6, 6.07) is 5.38. The smallest absolute Gasteiger partial charge is 0.416 e. The third-order valence-corrected chi connectivity index (χ3v) is 4.50. The normalized spacial score (nSPS) is 16.9. The van der Waals surface area contributed by atoms with Crippen molar-refractivity contribution in [2.45, 2.75) is 13.1 Å². The largest absolute Gasteiger partial charge is 0.469 e. The van der Waals surface area contributed by atoms with Gasteiger partial charge in [-0.2, -0.15) is 13.2 Å². The lowest BCUT2D eigenvalue weighted by Gasteiger charge is -2.38. The Morgan fingerprint density at radius 3 is 2.52 bits per heavy atom. The maximum absolute atomic E-state index is 12.9. The van der Waals surface area contributed by atoms with E-state index in [9.17, 15) is 18.0 Å². The molecule has 0 bridgehead atoms. The van der Waals surface area contributed by atoms with E-state index in [1.807, 2.05) is 9.80 Å². The number of alkyl halides is 3. The fourth-order valence-corrected chi connectivity index (χ4v) is 2.92. The molecule has 0 aliphatic carbocycles. The van der Waals surface area contributed by atoms with Crippen LogP contribution < -0.4 is 10.2 Å². The van der Waals surface area contributed by atoms with Gasteiger partial charge in [-0.15, -0.1) is 0 Å².